The molecule has 152 valence electrons. The number of likely N-dealkylation sites (tertiary alicyclic amines) is 1. The van der Waals surface area contributed by atoms with Crippen LogP contribution in [0.15, 0.2) is 46.9 Å². The predicted molar refractivity (Wildman–Crippen MR) is 120 cm³/mol. The molecule has 0 unspecified atom stereocenters. The minimum absolute atomic E-state index is 0.0560. The highest BCUT2D eigenvalue weighted by Crippen LogP contribution is 2.29. The molecule has 2 N–H and O–H groups in total. The van der Waals surface area contributed by atoms with E-state index < -0.39 is 0 Å². The number of amides is 3. The Morgan fingerprint density at radius 3 is 2.17 bits per heavy atom. The number of nitrogens with zero attached hydrogens (tertiary/aromatic N) is 2. The van der Waals surface area contributed by atoms with Crippen molar-refractivity contribution in [1.82, 2.24) is 4.90 Å². The summed E-state index contributed by atoms with van der Waals surface area (Å²) in [6.45, 7) is 3.55. The normalized spacial score (nSPS) is 16.2. The van der Waals surface area contributed by atoms with Gasteiger partial charge in [-0.3, -0.25) is 4.79 Å². The lowest BCUT2D eigenvalue weighted by Crippen LogP contribution is -2.30. The SMILES string of the molecule is O=C(Nc1cccc(Br)c1)Nc1ccc(N2CCCC2)c(C(=O)N2CCCC2)c1. The first-order chi connectivity index (χ1) is 14.1. The Morgan fingerprint density at radius 1 is 0.828 bits per heavy atom. The van der Waals surface area contributed by atoms with Gasteiger partial charge in [0, 0.05) is 47.7 Å². The third-order valence-corrected chi connectivity index (χ3v) is 5.90. The van der Waals surface area contributed by atoms with E-state index in [1.807, 2.05) is 47.4 Å². The van der Waals surface area contributed by atoms with Crippen molar-refractivity contribution in [1.29, 1.82) is 0 Å². The quantitative estimate of drug-likeness (QED) is 0.685. The number of nitrogens with one attached hydrogen (secondary N) is 2. The second-order valence-corrected chi connectivity index (χ2v) is 8.43. The number of halogens is 1. The third kappa shape index (κ3) is 4.72. The van der Waals surface area contributed by atoms with Gasteiger partial charge < -0.3 is 20.4 Å². The van der Waals surface area contributed by atoms with Crippen molar-refractivity contribution >= 4 is 44.9 Å². The molecular weight excluding hydrogens is 432 g/mol. The smallest absolute Gasteiger partial charge is 0.323 e. The Kier molecular flexibility index (Phi) is 6.04. The lowest BCUT2D eigenvalue weighted by Gasteiger charge is -2.24. The van der Waals surface area contributed by atoms with Gasteiger partial charge in [0.2, 0.25) is 0 Å². The molecule has 2 aromatic carbocycles. The van der Waals surface area contributed by atoms with Crippen LogP contribution in [0.25, 0.3) is 0 Å². The van der Waals surface area contributed by atoms with Gasteiger partial charge in [0.25, 0.3) is 5.91 Å². The number of anilines is 3. The monoisotopic (exact) mass is 456 g/mol. The first-order valence-corrected chi connectivity index (χ1v) is 10.9. The van der Waals surface area contributed by atoms with Crippen LogP contribution in [0.3, 0.4) is 0 Å². The van der Waals surface area contributed by atoms with Gasteiger partial charge in [-0.25, -0.2) is 4.79 Å². The summed E-state index contributed by atoms with van der Waals surface area (Å²) in [4.78, 5) is 29.8. The maximum atomic E-state index is 13.2. The standard InChI is InChI=1S/C22H25BrN4O2/c23-16-6-5-7-17(14-16)24-22(29)25-18-8-9-20(26-10-1-2-11-26)19(15-18)21(28)27-12-3-4-13-27/h5-9,14-15H,1-4,10-13H2,(H2,24,25,29). The Morgan fingerprint density at radius 2 is 1.48 bits per heavy atom. The zero-order valence-corrected chi connectivity index (χ0v) is 17.9. The second kappa shape index (κ2) is 8.86. The number of carbonyl (C=O) groups is 2. The summed E-state index contributed by atoms with van der Waals surface area (Å²) in [6.07, 6.45) is 4.40. The summed E-state index contributed by atoms with van der Waals surface area (Å²) < 4.78 is 0.892. The van der Waals surface area contributed by atoms with E-state index in [0.717, 1.165) is 62.0 Å². The van der Waals surface area contributed by atoms with Crippen LogP contribution in [0.4, 0.5) is 21.9 Å². The summed E-state index contributed by atoms with van der Waals surface area (Å²) >= 11 is 3.40. The van der Waals surface area contributed by atoms with Crippen LogP contribution >= 0.6 is 15.9 Å². The molecular formula is C22H25BrN4O2. The molecule has 2 aromatic rings. The van der Waals surface area contributed by atoms with Crippen molar-refractivity contribution in [2.45, 2.75) is 25.7 Å². The van der Waals surface area contributed by atoms with E-state index in [0.29, 0.717) is 16.9 Å². The highest BCUT2D eigenvalue weighted by molar-refractivity contribution is 9.10. The Labute approximate surface area is 179 Å². The number of urea groups is 1. The lowest BCUT2D eigenvalue weighted by atomic mass is 10.1. The number of benzene rings is 2. The molecule has 2 aliphatic heterocycles. The molecule has 6 nitrogen and oxygen atoms in total. The van der Waals surface area contributed by atoms with Crippen LogP contribution in [0, 0.1) is 0 Å². The van der Waals surface area contributed by atoms with Gasteiger partial charge >= 0.3 is 6.03 Å². The van der Waals surface area contributed by atoms with Crippen LogP contribution in [0.1, 0.15) is 36.0 Å². The molecule has 7 heteroatoms. The van der Waals surface area contributed by atoms with Crippen molar-refractivity contribution < 1.29 is 9.59 Å². The summed E-state index contributed by atoms with van der Waals surface area (Å²) in [6, 6.07) is 12.7. The van der Waals surface area contributed by atoms with Crippen LogP contribution in [-0.4, -0.2) is 43.0 Å². The minimum atomic E-state index is -0.336. The van der Waals surface area contributed by atoms with Gasteiger partial charge in [-0.05, 0) is 62.1 Å². The Balaban J connectivity index is 1.54. The molecule has 4 rings (SSSR count). The molecule has 29 heavy (non-hydrogen) atoms. The number of carbonyl (C=O) groups excluding carboxylic acids is 2. The van der Waals surface area contributed by atoms with Crippen molar-refractivity contribution in [3.8, 4) is 0 Å². The van der Waals surface area contributed by atoms with Gasteiger partial charge in [0.1, 0.15) is 0 Å². The zero-order chi connectivity index (χ0) is 20.2. The molecule has 3 amide bonds. The molecule has 2 fully saturated rings. The van der Waals surface area contributed by atoms with E-state index in [4.69, 9.17) is 0 Å². The highest BCUT2D eigenvalue weighted by atomic mass is 79.9. The van der Waals surface area contributed by atoms with E-state index in [1.165, 1.54) is 0 Å². The summed E-state index contributed by atoms with van der Waals surface area (Å²) in [7, 11) is 0. The van der Waals surface area contributed by atoms with Gasteiger partial charge in [-0.2, -0.15) is 0 Å². The van der Waals surface area contributed by atoms with Gasteiger partial charge in [0.05, 0.1) is 5.56 Å². The molecule has 2 aliphatic rings. The molecule has 0 aromatic heterocycles. The van der Waals surface area contributed by atoms with Crippen molar-refractivity contribution in [3.63, 3.8) is 0 Å². The van der Waals surface area contributed by atoms with Crippen LogP contribution in [0.2, 0.25) is 0 Å². The minimum Gasteiger partial charge on any atom is -0.371 e. The van der Waals surface area contributed by atoms with Crippen molar-refractivity contribution in [2.24, 2.45) is 0 Å². The summed E-state index contributed by atoms with van der Waals surface area (Å²) in [5.41, 5.74) is 2.95. The average Bonchev–Trinajstić information content (AvgIpc) is 3.41. The van der Waals surface area contributed by atoms with Crippen molar-refractivity contribution in [3.05, 3.63) is 52.5 Å². The van der Waals surface area contributed by atoms with Crippen LogP contribution in [0.5, 0.6) is 0 Å². The summed E-state index contributed by atoms with van der Waals surface area (Å²) in [5, 5.41) is 5.68. The van der Waals surface area contributed by atoms with Gasteiger partial charge in [0.15, 0.2) is 0 Å². The molecule has 0 atom stereocenters. The van der Waals surface area contributed by atoms with E-state index in [-0.39, 0.29) is 11.9 Å². The molecule has 0 radical (unpaired) electrons. The Hall–Kier alpha value is -2.54. The first-order valence-electron chi connectivity index (χ1n) is 10.1. The van der Waals surface area contributed by atoms with Gasteiger partial charge in [-0.15, -0.1) is 0 Å². The number of hydrogen-bond donors (Lipinski definition) is 2. The largest absolute Gasteiger partial charge is 0.371 e. The predicted octanol–water partition coefficient (Wildman–Crippen LogP) is 4.93. The molecule has 0 spiro atoms. The maximum Gasteiger partial charge on any atom is 0.323 e. The zero-order valence-electron chi connectivity index (χ0n) is 16.3. The fourth-order valence-electron chi connectivity index (χ4n) is 3.97. The molecule has 2 heterocycles. The topological polar surface area (TPSA) is 64.7 Å². The fourth-order valence-corrected chi connectivity index (χ4v) is 4.37. The van der Waals surface area contributed by atoms with Crippen molar-refractivity contribution in [2.75, 3.05) is 41.7 Å². The van der Waals surface area contributed by atoms with Crippen LogP contribution < -0.4 is 15.5 Å². The molecule has 0 saturated carbocycles. The fraction of sp³-hybridized carbons (Fsp3) is 0.364. The van der Waals surface area contributed by atoms with E-state index in [9.17, 15) is 9.59 Å². The highest BCUT2D eigenvalue weighted by Gasteiger charge is 2.25. The number of rotatable bonds is 4. The van der Waals surface area contributed by atoms with Gasteiger partial charge in [-0.1, -0.05) is 22.0 Å². The van der Waals surface area contributed by atoms with Crippen LogP contribution in [-0.2, 0) is 0 Å². The molecule has 0 bridgehead atoms. The van der Waals surface area contributed by atoms with E-state index in [1.54, 1.807) is 0 Å². The second-order valence-electron chi connectivity index (χ2n) is 7.51. The van der Waals surface area contributed by atoms with E-state index >= 15 is 0 Å². The third-order valence-electron chi connectivity index (χ3n) is 5.41. The van der Waals surface area contributed by atoms with E-state index in [2.05, 4.69) is 31.5 Å². The summed E-state index contributed by atoms with van der Waals surface area (Å²) in [5.74, 6) is 0.0560. The average molecular weight is 457 g/mol. The maximum absolute atomic E-state index is 13.2. The number of hydrogen-bond acceptors (Lipinski definition) is 3. The molecule has 2 saturated heterocycles. The Bertz CT molecular complexity index is 905. The lowest BCUT2D eigenvalue weighted by molar-refractivity contribution is 0.0793. The first kappa shape index (κ1) is 19.8. The molecule has 0 aliphatic carbocycles.